The van der Waals surface area contributed by atoms with Crippen LogP contribution >= 0.6 is 0 Å². The highest BCUT2D eigenvalue weighted by atomic mass is 16.6. The molecule has 1 unspecified atom stereocenters. The van der Waals surface area contributed by atoms with Gasteiger partial charge in [0.05, 0.1) is 5.56 Å². The first-order valence-corrected chi connectivity index (χ1v) is 12.3. The van der Waals surface area contributed by atoms with Crippen molar-refractivity contribution in [1.29, 1.82) is 0 Å². The van der Waals surface area contributed by atoms with Crippen LogP contribution in [-0.2, 0) is 20.4 Å². The molecule has 1 amide bonds. The van der Waals surface area contributed by atoms with Crippen molar-refractivity contribution in [2.75, 3.05) is 0 Å². The number of hydrogen-bond acceptors (Lipinski definition) is 4. The molecule has 2 aromatic rings. The summed E-state index contributed by atoms with van der Waals surface area (Å²) in [7, 11) is 0. The van der Waals surface area contributed by atoms with E-state index in [1.165, 1.54) is 11.1 Å². The lowest BCUT2D eigenvalue weighted by Gasteiger charge is -2.42. The van der Waals surface area contributed by atoms with E-state index >= 15 is 0 Å². The van der Waals surface area contributed by atoms with Gasteiger partial charge in [-0.2, -0.15) is 0 Å². The zero-order valence-electron chi connectivity index (χ0n) is 21.2. The van der Waals surface area contributed by atoms with E-state index in [0.717, 1.165) is 32.1 Å². The first-order chi connectivity index (χ1) is 16.0. The van der Waals surface area contributed by atoms with Gasteiger partial charge in [-0.1, -0.05) is 77.8 Å². The molecule has 2 aromatic carbocycles. The summed E-state index contributed by atoms with van der Waals surface area (Å²) in [5, 5.41) is 0. The van der Waals surface area contributed by atoms with Crippen LogP contribution in [0, 0.1) is 0 Å². The summed E-state index contributed by atoms with van der Waals surface area (Å²) in [6.07, 6.45) is 4.79. The lowest BCUT2D eigenvalue weighted by molar-refractivity contribution is -0.112. The van der Waals surface area contributed by atoms with Crippen molar-refractivity contribution in [3.63, 3.8) is 0 Å². The predicted molar refractivity (Wildman–Crippen MR) is 137 cm³/mol. The summed E-state index contributed by atoms with van der Waals surface area (Å²) in [6.45, 7) is 11.1. The number of fused-ring (bicyclic) bond motifs is 1. The normalized spacial score (nSPS) is 17.5. The van der Waals surface area contributed by atoms with Crippen LogP contribution in [0.25, 0.3) is 0 Å². The minimum Gasteiger partial charge on any atom is -0.436 e. The SMILES string of the molecule is CCCCCC(N=C(C(N)=O)c1ccc2c(c1)C(C)(C)CCC2(C)C)OC(=O)c1ccccc1. The highest BCUT2D eigenvalue weighted by molar-refractivity contribution is 6.45. The van der Waals surface area contributed by atoms with Crippen molar-refractivity contribution in [2.45, 2.75) is 90.2 Å². The van der Waals surface area contributed by atoms with Crippen molar-refractivity contribution < 1.29 is 14.3 Å². The molecule has 0 aromatic heterocycles. The number of esters is 1. The van der Waals surface area contributed by atoms with E-state index in [2.05, 4.69) is 51.7 Å². The first-order valence-electron chi connectivity index (χ1n) is 12.3. The molecule has 0 heterocycles. The van der Waals surface area contributed by atoms with Gasteiger partial charge < -0.3 is 10.5 Å². The lowest BCUT2D eigenvalue weighted by atomic mass is 9.63. The molecule has 182 valence electrons. The summed E-state index contributed by atoms with van der Waals surface area (Å²) in [4.78, 5) is 29.9. The topological polar surface area (TPSA) is 81.8 Å². The molecule has 2 N–H and O–H groups in total. The van der Waals surface area contributed by atoms with Gasteiger partial charge in [-0.3, -0.25) is 4.79 Å². The number of rotatable bonds is 9. The van der Waals surface area contributed by atoms with Crippen LogP contribution in [0.15, 0.2) is 53.5 Å². The quantitative estimate of drug-likeness (QED) is 0.279. The van der Waals surface area contributed by atoms with Crippen LogP contribution < -0.4 is 5.73 Å². The fraction of sp³-hybridized carbons (Fsp3) is 0.483. The Kier molecular flexibility index (Phi) is 7.96. The number of amides is 1. The second-order valence-electron chi connectivity index (χ2n) is 10.6. The molecule has 0 aliphatic heterocycles. The maximum atomic E-state index is 12.7. The number of benzene rings is 2. The van der Waals surface area contributed by atoms with Crippen LogP contribution in [-0.4, -0.2) is 23.8 Å². The molecule has 1 aliphatic carbocycles. The molecule has 0 radical (unpaired) electrons. The number of carbonyl (C=O) groups is 2. The molecule has 1 aliphatic rings. The molecule has 0 saturated heterocycles. The van der Waals surface area contributed by atoms with Crippen molar-refractivity contribution in [2.24, 2.45) is 10.7 Å². The third-order valence-corrected chi connectivity index (χ3v) is 6.94. The molecule has 0 bridgehead atoms. The second kappa shape index (κ2) is 10.5. The minimum atomic E-state index is -0.776. The lowest BCUT2D eigenvalue weighted by Crippen LogP contribution is -2.35. The van der Waals surface area contributed by atoms with E-state index in [-0.39, 0.29) is 16.5 Å². The number of aliphatic imine (C=N–C) groups is 1. The van der Waals surface area contributed by atoms with Gasteiger partial charge in [0.1, 0.15) is 5.71 Å². The number of hydrogen-bond donors (Lipinski definition) is 1. The summed E-state index contributed by atoms with van der Waals surface area (Å²) in [5.74, 6) is -1.08. The number of carbonyl (C=O) groups excluding carboxylic acids is 2. The Bertz CT molecular complexity index is 1050. The standard InChI is InChI=1S/C29H38N2O3/c1-6-7-9-14-24(34-27(33)20-12-10-8-11-13-20)31-25(26(30)32)21-15-16-22-23(19-21)29(4,5)18-17-28(22,2)3/h8,10-13,15-16,19,24H,6-7,9,14,17-18H2,1-5H3,(H2,30,32). The van der Waals surface area contributed by atoms with Crippen LogP contribution in [0.3, 0.4) is 0 Å². The van der Waals surface area contributed by atoms with Gasteiger partial charge in [-0.15, -0.1) is 0 Å². The Labute approximate surface area is 203 Å². The highest BCUT2D eigenvalue weighted by Gasteiger charge is 2.37. The third kappa shape index (κ3) is 5.94. The average molecular weight is 463 g/mol. The van der Waals surface area contributed by atoms with E-state index in [0.29, 0.717) is 17.5 Å². The number of primary amides is 1. The molecular weight excluding hydrogens is 424 g/mol. The Hall–Kier alpha value is -2.95. The Morgan fingerprint density at radius 1 is 0.941 bits per heavy atom. The van der Waals surface area contributed by atoms with Gasteiger partial charge in [-0.05, 0) is 59.4 Å². The number of nitrogens with zero attached hydrogens (tertiary/aromatic N) is 1. The monoisotopic (exact) mass is 462 g/mol. The molecule has 5 nitrogen and oxygen atoms in total. The van der Waals surface area contributed by atoms with Crippen LogP contribution in [0.4, 0.5) is 0 Å². The van der Waals surface area contributed by atoms with E-state index < -0.39 is 18.1 Å². The van der Waals surface area contributed by atoms with Crippen molar-refractivity contribution in [3.8, 4) is 0 Å². The van der Waals surface area contributed by atoms with Crippen LogP contribution in [0.2, 0.25) is 0 Å². The molecule has 0 saturated carbocycles. The van der Waals surface area contributed by atoms with E-state index in [1.807, 2.05) is 12.1 Å². The van der Waals surface area contributed by atoms with Gasteiger partial charge >= 0.3 is 5.97 Å². The molecule has 0 fully saturated rings. The first kappa shape index (κ1) is 25.7. The van der Waals surface area contributed by atoms with Crippen LogP contribution in [0.5, 0.6) is 0 Å². The van der Waals surface area contributed by atoms with Gasteiger partial charge in [-0.25, -0.2) is 9.79 Å². The number of nitrogens with two attached hydrogens (primary N) is 1. The predicted octanol–water partition coefficient (Wildman–Crippen LogP) is 6.07. The van der Waals surface area contributed by atoms with Crippen molar-refractivity contribution in [3.05, 3.63) is 70.8 Å². The maximum absolute atomic E-state index is 12.7. The summed E-state index contributed by atoms with van der Waals surface area (Å²) < 4.78 is 5.74. The van der Waals surface area contributed by atoms with Crippen molar-refractivity contribution in [1.82, 2.24) is 0 Å². The van der Waals surface area contributed by atoms with Gasteiger partial charge in [0.2, 0.25) is 0 Å². The largest absolute Gasteiger partial charge is 0.436 e. The van der Waals surface area contributed by atoms with Gasteiger partial charge in [0.25, 0.3) is 5.91 Å². The zero-order chi connectivity index (χ0) is 24.9. The summed E-state index contributed by atoms with van der Waals surface area (Å²) in [5.41, 5.74) is 9.67. The maximum Gasteiger partial charge on any atom is 0.340 e. The zero-order valence-corrected chi connectivity index (χ0v) is 21.2. The summed E-state index contributed by atoms with van der Waals surface area (Å²) >= 11 is 0. The second-order valence-corrected chi connectivity index (χ2v) is 10.6. The number of ether oxygens (including phenoxy) is 1. The molecule has 1 atom stereocenters. The Morgan fingerprint density at radius 3 is 2.21 bits per heavy atom. The van der Waals surface area contributed by atoms with Crippen molar-refractivity contribution >= 4 is 17.6 Å². The fourth-order valence-electron chi connectivity index (χ4n) is 4.65. The van der Waals surface area contributed by atoms with E-state index in [4.69, 9.17) is 10.5 Å². The molecule has 34 heavy (non-hydrogen) atoms. The smallest absolute Gasteiger partial charge is 0.340 e. The van der Waals surface area contributed by atoms with Gasteiger partial charge in [0, 0.05) is 12.0 Å². The van der Waals surface area contributed by atoms with Crippen LogP contribution in [0.1, 0.15) is 100 Å². The average Bonchev–Trinajstić information content (AvgIpc) is 2.80. The summed E-state index contributed by atoms with van der Waals surface area (Å²) in [6, 6.07) is 14.9. The highest BCUT2D eigenvalue weighted by Crippen LogP contribution is 2.45. The third-order valence-electron chi connectivity index (χ3n) is 6.94. The molecule has 5 heteroatoms. The Morgan fingerprint density at radius 2 is 1.59 bits per heavy atom. The van der Waals surface area contributed by atoms with E-state index in [9.17, 15) is 9.59 Å². The number of unbranched alkanes of at least 4 members (excludes halogenated alkanes) is 2. The fourth-order valence-corrected chi connectivity index (χ4v) is 4.65. The molecular formula is C29H38N2O3. The molecule has 3 rings (SSSR count). The Balaban J connectivity index is 1.98. The van der Waals surface area contributed by atoms with E-state index in [1.54, 1.807) is 24.3 Å². The minimum absolute atomic E-state index is 0.01000. The molecule has 0 spiro atoms. The van der Waals surface area contributed by atoms with Gasteiger partial charge in [0.15, 0.2) is 6.23 Å².